The molecule has 0 aromatic heterocycles. The van der Waals surface area contributed by atoms with Crippen molar-refractivity contribution in [2.24, 2.45) is 0 Å². The molecule has 3 aromatic rings. The van der Waals surface area contributed by atoms with E-state index in [9.17, 15) is 13.2 Å². The van der Waals surface area contributed by atoms with Gasteiger partial charge in [0.25, 0.3) is 0 Å². The van der Waals surface area contributed by atoms with E-state index in [1.807, 2.05) is 62.4 Å². The number of aryl methyl sites for hydroxylation is 1. The van der Waals surface area contributed by atoms with Gasteiger partial charge in [-0.15, -0.1) is 0 Å². The Morgan fingerprint density at radius 1 is 1.00 bits per heavy atom. The van der Waals surface area contributed by atoms with Gasteiger partial charge < -0.3 is 14.5 Å². The first kappa shape index (κ1) is 27.0. The van der Waals surface area contributed by atoms with Crippen LogP contribution in [0.3, 0.4) is 0 Å². The van der Waals surface area contributed by atoms with Crippen LogP contribution in [0.5, 0.6) is 5.75 Å². The minimum absolute atomic E-state index is 0.0862. The summed E-state index contributed by atoms with van der Waals surface area (Å²) in [7, 11) is -3.94. The van der Waals surface area contributed by atoms with Crippen LogP contribution in [0.15, 0.2) is 77.7 Å². The fourth-order valence-electron chi connectivity index (χ4n) is 4.48. The van der Waals surface area contributed by atoms with E-state index in [0.29, 0.717) is 43.6 Å². The molecule has 1 amide bonds. The zero-order valence-electron chi connectivity index (χ0n) is 21.1. The molecular weight excluding hydrogens is 510 g/mol. The van der Waals surface area contributed by atoms with Gasteiger partial charge in [-0.05, 0) is 67.8 Å². The van der Waals surface area contributed by atoms with E-state index in [0.717, 1.165) is 16.8 Å². The molecule has 4 rings (SSSR count). The molecule has 0 saturated carbocycles. The van der Waals surface area contributed by atoms with Gasteiger partial charge in [0.1, 0.15) is 11.8 Å². The number of ether oxygens (including phenoxy) is 1. The highest BCUT2D eigenvalue weighted by Gasteiger charge is 2.31. The first-order valence-electron chi connectivity index (χ1n) is 12.4. The van der Waals surface area contributed by atoms with Gasteiger partial charge in [0, 0.05) is 36.9 Å². The summed E-state index contributed by atoms with van der Waals surface area (Å²) in [4.78, 5) is 17.7. The van der Waals surface area contributed by atoms with Crippen molar-refractivity contribution in [1.82, 2.24) is 9.62 Å². The second kappa shape index (κ2) is 12.0. The highest BCUT2D eigenvalue weighted by molar-refractivity contribution is 7.89. The summed E-state index contributed by atoms with van der Waals surface area (Å²) in [6, 6.07) is 20.5. The van der Waals surface area contributed by atoms with Gasteiger partial charge >= 0.3 is 0 Å². The topological polar surface area (TPSA) is 78.9 Å². The number of nitrogens with one attached hydrogen (secondary N) is 1. The van der Waals surface area contributed by atoms with Crippen molar-refractivity contribution in [2.45, 2.75) is 31.2 Å². The number of benzene rings is 3. The monoisotopic (exact) mass is 541 g/mol. The fourth-order valence-corrected chi connectivity index (χ4v) is 5.83. The van der Waals surface area contributed by atoms with Crippen molar-refractivity contribution in [3.05, 3.63) is 88.9 Å². The summed E-state index contributed by atoms with van der Waals surface area (Å²) in [6.45, 7) is 6.63. The molecule has 1 fully saturated rings. The van der Waals surface area contributed by atoms with Crippen LogP contribution in [-0.4, -0.2) is 58.1 Å². The van der Waals surface area contributed by atoms with Gasteiger partial charge in [-0.1, -0.05) is 48.0 Å². The van der Waals surface area contributed by atoms with Crippen molar-refractivity contribution in [3.8, 4) is 5.75 Å². The van der Waals surface area contributed by atoms with E-state index in [1.54, 1.807) is 17.0 Å². The van der Waals surface area contributed by atoms with E-state index in [4.69, 9.17) is 16.3 Å². The third kappa shape index (κ3) is 6.83. The second-order valence-corrected chi connectivity index (χ2v) is 11.2. The standard InChI is InChI=1S/C28H32ClN3O4S/c1-3-36-24-11-13-25(14-12-24)37(34,35)30-26(19-22-7-5-4-6-8-22)28(33)32-17-15-31(16-18-32)27-20-23(29)10-9-21(27)2/h4-14,20,26,30H,3,15-19H2,1-2H3. The Balaban J connectivity index is 1.50. The third-order valence-corrected chi connectivity index (χ3v) is 8.15. The number of amides is 1. The maximum atomic E-state index is 13.7. The lowest BCUT2D eigenvalue weighted by Crippen LogP contribution is -2.55. The lowest BCUT2D eigenvalue weighted by molar-refractivity contribution is -0.133. The molecule has 1 atom stereocenters. The Kier molecular flexibility index (Phi) is 8.74. The average Bonchev–Trinajstić information content (AvgIpc) is 2.90. The zero-order valence-corrected chi connectivity index (χ0v) is 22.6. The Labute approximate surface area is 224 Å². The minimum Gasteiger partial charge on any atom is -0.494 e. The molecular formula is C28H32ClN3O4S. The maximum Gasteiger partial charge on any atom is 0.241 e. The van der Waals surface area contributed by atoms with Gasteiger partial charge in [0.05, 0.1) is 11.5 Å². The Morgan fingerprint density at radius 3 is 2.32 bits per heavy atom. The number of hydrogen-bond acceptors (Lipinski definition) is 5. The Hall–Kier alpha value is -3.07. The van der Waals surface area contributed by atoms with Crippen LogP contribution >= 0.6 is 11.6 Å². The van der Waals surface area contributed by atoms with Gasteiger partial charge in [-0.2, -0.15) is 4.72 Å². The summed E-state index contributed by atoms with van der Waals surface area (Å²) < 4.78 is 34.6. The number of carbonyl (C=O) groups excluding carboxylic acids is 1. The van der Waals surface area contributed by atoms with Crippen LogP contribution in [-0.2, 0) is 21.2 Å². The maximum absolute atomic E-state index is 13.7. The number of halogens is 1. The van der Waals surface area contributed by atoms with E-state index < -0.39 is 16.1 Å². The summed E-state index contributed by atoms with van der Waals surface area (Å²) in [5.41, 5.74) is 3.05. The number of anilines is 1. The highest BCUT2D eigenvalue weighted by Crippen LogP contribution is 2.26. The molecule has 0 radical (unpaired) electrons. The van der Waals surface area contributed by atoms with Crippen molar-refractivity contribution in [3.63, 3.8) is 0 Å². The van der Waals surface area contributed by atoms with Gasteiger partial charge in [-0.3, -0.25) is 4.79 Å². The van der Waals surface area contributed by atoms with Gasteiger partial charge in [0.2, 0.25) is 15.9 Å². The Morgan fingerprint density at radius 2 is 1.68 bits per heavy atom. The summed E-state index contributed by atoms with van der Waals surface area (Å²) in [5.74, 6) is 0.354. The zero-order chi connectivity index (χ0) is 26.4. The van der Waals surface area contributed by atoms with Crippen LogP contribution in [0.25, 0.3) is 0 Å². The van der Waals surface area contributed by atoms with Crippen molar-refractivity contribution < 1.29 is 17.9 Å². The highest BCUT2D eigenvalue weighted by atomic mass is 35.5. The number of nitrogens with zero attached hydrogens (tertiary/aromatic N) is 2. The Bertz CT molecular complexity index is 1310. The van der Waals surface area contributed by atoms with Crippen LogP contribution < -0.4 is 14.4 Å². The largest absolute Gasteiger partial charge is 0.494 e. The second-order valence-electron chi connectivity index (χ2n) is 9.01. The molecule has 3 aromatic carbocycles. The third-order valence-electron chi connectivity index (χ3n) is 6.43. The van der Waals surface area contributed by atoms with E-state index in [2.05, 4.69) is 9.62 Å². The van der Waals surface area contributed by atoms with Crippen LogP contribution in [0.2, 0.25) is 5.02 Å². The summed E-state index contributed by atoms with van der Waals surface area (Å²) in [5, 5.41) is 0.672. The number of sulfonamides is 1. The molecule has 1 N–H and O–H groups in total. The molecule has 1 aliphatic rings. The number of carbonyl (C=O) groups is 1. The number of piperazine rings is 1. The molecule has 1 heterocycles. The lowest BCUT2D eigenvalue weighted by Gasteiger charge is -2.38. The van der Waals surface area contributed by atoms with Crippen molar-refractivity contribution in [1.29, 1.82) is 0 Å². The molecule has 37 heavy (non-hydrogen) atoms. The first-order chi connectivity index (χ1) is 17.8. The van der Waals surface area contributed by atoms with E-state index >= 15 is 0 Å². The normalized spacial score (nSPS) is 14.9. The predicted molar refractivity (Wildman–Crippen MR) is 147 cm³/mol. The minimum atomic E-state index is -3.94. The van der Waals surface area contributed by atoms with E-state index in [-0.39, 0.29) is 17.2 Å². The average molecular weight is 542 g/mol. The SMILES string of the molecule is CCOc1ccc(S(=O)(=O)NC(Cc2ccccc2)C(=O)N2CCN(c3cc(Cl)ccc3C)CC2)cc1. The number of hydrogen-bond donors (Lipinski definition) is 1. The lowest BCUT2D eigenvalue weighted by atomic mass is 10.1. The van der Waals surface area contributed by atoms with Gasteiger partial charge in [0.15, 0.2) is 0 Å². The van der Waals surface area contributed by atoms with E-state index in [1.165, 1.54) is 12.1 Å². The fraction of sp³-hybridized carbons (Fsp3) is 0.321. The molecule has 0 aliphatic carbocycles. The van der Waals surface area contributed by atoms with Crippen LogP contribution in [0.4, 0.5) is 5.69 Å². The summed E-state index contributed by atoms with van der Waals surface area (Å²) >= 11 is 6.21. The molecule has 0 bridgehead atoms. The quantitative estimate of drug-likeness (QED) is 0.437. The molecule has 196 valence electrons. The molecule has 7 nitrogen and oxygen atoms in total. The van der Waals surface area contributed by atoms with Crippen LogP contribution in [0.1, 0.15) is 18.1 Å². The summed E-state index contributed by atoms with van der Waals surface area (Å²) in [6.07, 6.45) is 0.254. The molecule has 1 aliphatic heterocycles. The van der Waals surface area contributed by atoms with Crippen LogP contribution in [0, 0.1) is 6.92 Å². The molecule has 1 unspecified atom stereocenters. The number of rotatable bonds is 9. The molecule has 9 heteroatoms. The predicted octanol–water partition coefficient (Wildman–Crippen LogP) is 4.29. The molecule has 1 saturated heterocycles. The van der Waals surface area contributed by atoms with Crippen molar-refractivity contribution >= 4 is 33.2 Å². The first-order valence-corrected chi connectivity index (χ1v) is 14.2. The molecule has 0 spiro atoms. The van der Waals surface area contributed by atoms with Crippen molar-refractivity contribution in [2.75, 3.05) is 37.7 Å². The van der Waals surface area contributed by atoms with Gasteiger partial charge in [-0.25, -0.2) is 8.42 Å². The smallest absolute Gasteiger partial charge is 0.241 e.